The van der Waals surface area contributed by atoms with Gasteiger partial charge in [-0.05, 0) is 69.6 Å². The maximum Gasteiger partial charge on any atom is 0.237 e. The summed E-state index contributed by atoms with van der Waals surface area (Å²) in [6.45, 7) is 0. The van der Waals surface area contributed by atoms with Crippen LogP contribution in [0.3, 0.4) is 0 Å². The van der Waals surface area contributed by atoms with Crippen LogP contribution in [0.2, 0.25) is 0 Å². The molecule has 3 nitrogen and oxygen atoms in total. The maximum absolute atomic E-state index is 12.3. The zero-order chi connectivity index (χ0) is 12.9. The molecule has 1 aromatic carbocycles. The van der Waals surface area contributed by atoms with Crippen molar-refractivity contribution in [3.05, 3.63) is 26.2 Å². The van der Waals surface area contributed by atoms with Gasteiger partial charge in [0.25, 0.3) is 0 Å². The lowest BCUT2D eigenvalue weighted by molar-refractivity contribution is -0.122. The summed E-state index contributed by atoms with van der Waals surface area (Å²) in [5.41, 5.74) is 0.680. The predicted molar refractivity (Wildman–Crippen MR) is 80.2 cm³/mol. The van der Waals surface area contributed by atoms with Gasteiger partial charge in [0, 0.05) is 8.04 Å². The van der Waals surface area contributed by atoms with Crippen molar-refractivity contribution in [1.82, 2.24) is 0 Å². The van der Waals surface area contributed by atoms with E-state index >= 15 is 0 Å². The Bertz CT molecular complexity index is 524. The first kappa shape index (κ1) is 12.6. The molecule has 1 aliphatic carbocycles. The number of benzene rings is 1. The van der Waals surface area contributed by atoms with E-state index < -0.39 is 0 Å². The first-order chi connectivity index (χ1) is 8.59. The second kappa shape index (κ2) is 4.59. The number of hydrogen-bond donors (Lipinski definition) is 0. The topological polar surface area (TPSA) is 37.4 Å². The van der Waals surface area contributed by atoms with Crippen LogP contribution >= 0.6 is 38.5 Å². The molecule has 1 aliphatic heterocycles. The molecule has 3 rings (SSSR count). The van der Waals surface area contributed by atoms with Crippen LogP contribution in [-0.2, 0) is 9.59 Å². The van der Waals surface area contributed by atoms with E-state index in [1.807, 2.05) is 18.2 Å². The summed E-state index contributed by atoms with van der Waals surface area (Å²) in [5.74, 6) is -0.207. The third-order valence-electron chi connectivity index (χ3n) is 3.74. The Morgan fingerprint density at radius 2 is 1.78 bits per heavy atom. The molecule has 0 N–H and O–H groups in total. The van der Waals surface area contributed by atoms with Crippen LogP contribution in [-0.4, -0.2) is 11.8 Å². The second-order valence-electron chi connectivity index (χ2n) is 4.75. The van der Waals surface area contributed by atoms with E-state index in [1.54, 1.807) is 0 Å². The highest BCUT2D eigenvalue weighted by Gasteiger charge is 2.50. The van der Waals surface area contributed by atoms with Crippen molar-refractivity contribution in [2.75, 3.05) is 4.90 Å². The smallest absolute Gasteiger partial charge is 0.237 e. The van der Waals surface area contributed by atoms with Gasteiger partial charge in [0.2, 0.25) is 11.8 Å². The van der Waals surface area contributed by atoms with Crippen molar-refractivity contribution >= 4 is 56.0 Å². The summed E-state index contributed by atoms with van der Waals surface area (Å²) < 4.78 is 1.87. The normalized spacial score (nSPS) is 26.9. The molecular formula is C13H11BrINO2. The highest BCUT2D eigenvalue weighted by Crippen LogP contribution is 2.43. The van der Waals surface area contributed by atoms with Gasteiger partial charge in [0.15, 0.2) is 0 Å². The molecule has 2 atom stereocenters. The van der Waals surface area contributed by atoms with Crippen LogP contribution in [0, 0.1) is 15.4 Å². The predicted octanol–water partition coefficient (Wildman–Crippen LogP) is 3.34. The first-order valence-corrected chi connectivity index (χ1v) is 7.79. The Kier molecular flexibility index (Phi) is 3.21. The van der Waals surface area contributed by atoms with E-state index in [2.05, 4.69) is 38.5 Å². The number of anilines is 1. The summed E-state index contributed by atoms with van der Waals surface area (Å²) in [6.07, 6.45) is 2.70. The van der Waals surface area contributed by atoms with E-state index in [1.165, 1.54) is 4.90 Å². The Morgan fingerprint density at radius 1 is 1.17 bits per heavy atom. The van der Waals surface area contributed by atoms with Crippen LogP contribution in [0.25, 0.3) is 0 Å². The van der Waals surface area contributed by atoms with Crippen molar-refractivity contribution in [3.8, 4) is 0 Å². The van der Waals surface area contributed by atoms with Gasteiger partial charge in [0.05, 0.1) is 17.5 Å². The van der Waals surface area contributed by atoms with Gasteiger partial charge in [-0.25, -0.2) is 4.90 Å². The van der Waals surface area contributed by atoms with Crippen LogP contribution in [0.1, 0.15) is 19.3 Å². The first-order valence-electron chi connectivity index (χ1n) is 5.92. The monoisotopic (exact) mass is 419 g/mol. The molecular weight excluding hydrogens is 409 g/mol. The van der Waals surface area contributed by atoms with E-state index in [0.29, 0.717) is 5.69 Å². The van der Waals surface area contributed by atoms with Crippen molar-refractivity contribution in [2.45, 2.75) is 19.3 Å². The van der Waals surface area contributed by atoms with Gasteiger partial charge in [-0.2, -0.15) is 0 Å². The molecule has 2 fully saturated rings. The summed E-state index contributed by atoms with van der Waals surface area (Å²) in [5, 5.41) is 0. The van der Waals surface area contributed by atoms with Crippen molar-refractivity contribution < 1.29 is 9.59 Å². The molecule has 0 spiro atoms. The van der Waals surface area contributed by atoms with E-state index in [-0.39, 0.29) is 23.7 Å². The number of halogens is 2. The summed E-state index contributed by atoms with van der Waals surface area (Å²) in [7, 11) is 0. The molecule has 1 heterocycles. The SMILES string of the molecule is O=C1C2CCCC2C(=O)N1c1ccc(I)cc1Br. The fraction of sp³-hybridized carbons (Fsp3) is 0.385. The Labute approximate surface area is 127 Å². The zero-order valence-corrected chi connectivity index (χ0v) is 13.3. The molecule has 1 aromatic rings. The minimum absolute atomic E-state index is 0.0237. The van der Waals surface area contributed by atoms with E-state index in [0.717, 1.165) is 27.3 Å². The maximum atomic E-state index is 12.3. The molecule has 2 unspecified atom stereocenters. The number of carbonyl (C=O) groups excluding carboxylic acids is 2. The lowest BCUT2D eigenvalue weighted by Crippen LogP contribution is -2.31. The third kappa shape index (κ3) is 1.82. The second-order valence-corrected chi connectivity index (χ2v) is 6.85. The lowest BCUT2D eigenvalue weighted by atomic mass is 10.00. The van der Waals surface area contributed by atoms with Crippen LogP contribution in [0.5, 0.6) is 0 Å². The Balaban J connectivity index is 2.02. The summed E-state index contributed by atoms with van der Waals surface area (Å²) in [4.78, 5) is 26.0. The van der Waals surface area contributed by atoms with Gasteiger partial charge in [0.1, 0.15) is 0 Å². The third-order valence-corrected chi connectivity index (χ3v) is 5.05. The molecule has 1 saturated carbocycles. The van der Waals surface area contributed by atoms with Crippen LogP contribution in [0.4, 0.5) is 5.69 Å². The highest BCUT2D eigenvalue weighted by atomic mass is 127. The number of nitrogens with zero attached hydrogens (tertiary/aromatic N) is 1. The van der Waals surface area contributed by atoms with Crippen molar-refractivity contribution in [2.24, 2.45) is 11.8 Å². The lowest BCUT2D eigenvalue weighted by Gasteiger charge is -2.17. The summed E-state index contributed by atoms with van der Waals surface area (Å²) in [6, 6.07) is 5.67. The molecule has 0 aromatic heterocycles. The van der Waals surface area contributed by atoms with Crippen molar-refractivity contribution in [3.63, 3.8) is 0 Å². The van der Waals surface area contributed by atoms with E-state index in [9.17, 15) is 9.59 Å². The average molecular weight is 420 g/mol. The van der Waals surface area contributed by atoms with Crippen LogP contribution < -0.4 is 4.90 Å². The Morgan fingerprint density at radius 3 is 2.33 bits per heavy atom. The quantitative estimate of drug-likeness (QED) is 0.517. The van der Waals surface area contributed by atoms with Crippen LogP contribution in [0.15, 0.2) is 22.7 Å². The molecule has 94 valence electrons. The molecule has 0 radical (unpaired) electrons. The molecule has 5 heteroatoms. The molecule has 1 saturated heterocycles. The summed E-state index contributed by atoms with van der Waals surface area (Å²) >= 11 is 5.65. The minimum atomic E-state index is -0.0799. The zero-order valence-electron chi connectivity index (χ0n) is 9.53. The van der Waals surface area contributed by atoms with Gasteiger partial charge in [-0.3, -0.25) is 9.59 Å². The number of carbonyl (C=O) groups is 2. The molecule has 2 aliphatic rings. The average Bonchev–Trinajstić information content (AvgIpc) is 2.87. The number of amides is 2. The van der Waals surface area contributed by atoms with Gasteiger partial charge < -0.3 is 0 Å². The number of fused-ring (bicyclic) bond motifs is 1. The fourth-order valence-electron chi connectivity index (χ4n) is 2.89. The van der Waals surface area contributed by atoms with Gasteiger partial charge in [-0.15, -0.1) is 0 Å². The minimum Gasteiger partial charge on any atom is -0.274 e. The van der Waals surface area contributed by atoms with Crippen molar-refractivity contribution in [1.29, 1.82) is 0 Å². The fourth-order valence-corrected chi connectivity index (χ4v) is 4.37. The number of rotatable bonds is 1. The van der Waals surface area contributed by atoms with Gasteiger partial charge >= 0.3 is 0 Å². The van der Waals surface area contributed by atoms with E-state index in [4.69, 9.17) is 0 Å². The molecule has 2 amide bonds. The number of hydrogen-bond acceptors (Lipinski definition) is 2. The standard InChI is InChI=1S/C13H11BrINO2/c14-10-6-7(15)4-5-11(10)16-12(17)8-2-1-3-9(8)13(16)18/h4-6,8-9H,1-3H2. The highest BCUT2D eigenvalue weighted by molar-refractivity contribution is 14.1. The number of imide groups is 1. The molecule has 18 heavy (non-hydrogen) atoms. The van der Waals surface area contributed by atoms with Gasteiger partial charge in [-0.1, -0.05) is 6.42 Å². The molecule has 0 bridgehead atoms. The largest absolute Gasteiger partial charge is 0.274 e. The Hall–Kier alpha value is -0.430.